The van der Waals surface area contributed by atoms with Gasteiger partial charge in [-0.15, -0.1) is 0 Å². The van der Waals surface area contributed by atoms with Crippen molar-refractivity contribution in [2.45, 2.75) is 38.7 Å². The van der Waals surface area contributed by atoms with Gasteiger partial charge in [0.1, 0.15) is 18.0 Å². The highest BCUT2D eigenvalue weighted by molar-refractivity contribution is 5.97. The second-order valence-electron chi connectivity index (χ2n) is 6.39. The lowest BCUT2D eigenvalue weighted by atomic mass is 10.2. The molecule has 0 aromatic heterocycles. The largest absolute Gasteiger partial charge is 0.496 e. The van der Waals surface area contributed by atoms with Crippen LogP contribution >= 0.6 is 0 Å². The first-order valence-corrected chi connectivity index (χ1v) is 8.92. The zero-order valence-corrected chi connectivity index (χ0v) is 15.8. The molecule has 1 atom stereocenters. The molecule has 1 aliphatic heterocycles. The topological polar surface area (TPSA) is 128 Å². The number of methoxy groups -OCH3 is 1. The van der Waals surface area contributed by atoms with Crippen molar-refractivity contribution in [1.29, 1.82) is 0 Å². The summed E-state index contributed by atoms with van der Waals surface area (Å²) in [6.45, 7) is 1.61. The van der Waals surface area contributed by atoms with Crippen molar-refractivity contribution in [2.75, 3.05) is 25.5 Å². The number of carbonyl (C=O) groups is 3. The molecule has 1 saturated heterocycles. The van der Waals surface area contributed by atoms with Gasteiger partial charge in [-0.1, -0.05) is 6.42 Å². The van der Waals surface area contributed by atoms with Crippen molar-refractivity contribution in [3.05, 3.63) is 28.3 Å². The Hall–Kier alpha value is -3.17. The summed E-state index contributed by atoms with van der Waals surface area (Å²) in [6, 6.07) is 3.97. The molecule has 10 heteroatoms. The van der Waals surface area contributed by atoms with E-state index in [4.69, 9.17) is 9.47 Å². The predicted octanol–water partition coefficient (Wildman–Crippen LogP) is 1.88. The van der Waals surface area contributed by atoms with E-state index in [1.807, 2.05) is 0 Å². The van der Waals surface area contributed by atoms with Gasteiger partial charge in [-0.25, -0.2) is 0 Å². The normalized spacial score (nSPS) is 15.4. The van der Waals surface area contributed by atoms with Crippen LogP contribution in [-0.4, -0.2) is 53.9 Å². The first kappa shape index (κ1) is 21.1. The van der Waals surface area contributed by atoms with Gasteiger partial charge in [0.25, 0.3) is 11.6 Å². The summed E-state index contributed by atoms with van der Waals surface area (Å²) in [5.74, 6) is -1.27. The van der Waals surface area contributed by atoms with Crippen LogP contribution in [0.25, 0.3) is 0 Å². The number of hydrogen-bond donors (Lipinski definition) is 1. The molecule has 1 N–H and O–H groups in total. The second kappa shape index (κ2) is 9.67. The van der Waals surface area contributed by atoms with Crippen LogP contribution in [0, 0.1) is 10.1 Å². The fraction of sp³-hybridized carbons (Fsp3) is 0.500. The summed E-state index contributed by atoms with van der Waals surface area (Å²) < 4.78 is 10.0. The van der Waals surface area contributed by atoms with E-state index in [1.54, 1.807) is 0 Å². The van der Waals surface area contributed by atoms with Gasteiger partial charge < -0.3 is 19.7 Å². The molecule has 0 spiro atoms. The highest BCUT2D eigenvalue weighted by Gasteiger charge is 2.25. The summed E-state index contributed by atoms with van der Waals surface area (Å²) in [6.07, 6.45) is 1.75. The Morgan fingerprint density at radius 2 is 2.07 bits per heavy atom. The van der Waals surface area contributed by atoms with Crippen molar-refractivity contribution >= 4 is 29.2 Å². The van der Waals surface area contributed by atoms with Gasteiger partial charge >= 0.3 is 5.97 Å². The molecule has 0 unspecified atom stereocenters. The van der Waals surface area contributed by atoms with Crippen molar-refractivity contribution < 1.29 is 28.8 Å². The van der Waals surface area contributed by atoms with Crippen molar-refractivity contribution in [3.63, 3.8) is 0 Å². The Bertz CT molecular complexity index is 766. The van der Waals surface area contributed by atoms with Crippen LogP contribution in [0.15, 0.2) is 18.2 Å². The van der Waals surface area contributed by atoms with Crippen LogP contribution in [0.1, 0.15) is 32.6 Å². The first-order chi connectivity index (χ1) is 13.3. The molecule has 1 heterocycles. The number of nitro groups is 1. The fourth-order valence-corrected chi connectivity index (χ4v) is 2.78. The molecule has 0 saturated carbocycles. The maximum atomic E-state index is 12.3. The average molecular weight is 393 g/mol. The minimum Gasteiger partial charge on any atom is -0.496 e. The number of amides is 2. The molecule has 0 aliphatic carbocycles. The van der Waals surface area contributed by atoms with Crippen LogP contribution in [0.3, 0.4) is 0 Å². The molecule has 10 nitrogen and oxygen atoms in total. The van der Waals surface area contributed by atoms with Gasteiger partial charge in [-0.05, 0) is 31.9 Å². The monoisotopic (exact) mass is 393 g/mol. The van der Waals surface area contributed by atoms with Gasteiger partial charge in [-0.3, -0.25) is 24.5 Å². The molecule has 0 radical (unpaired) electrons. The smallest absolute Gasteiger partial charge is 0.326 e. The predicted molar refractivity (Wildman–Crippen MR) is 98.9 cm³/mol. The van der Waals surface area contributed by atoms with Gasteiger partial charge in [0.2, 0.25) is 5.91 Å². The lowest BCUT2D eigenvalue weighted by Gasteiger charge is -2.20. The van der Waals surface area contributed by atoms with E-state index < -0.39 is 22.9 Å². The minimum atomic E-state index is -1.18. The van der Waals surface area contributed by atoms with E-state index in [0.29, 0.717) is 13.0 Å². The number of carbonyl (C=O) groups excluding carboxylic acids is 3. The summed E-state index contributed by atoms with van der Waals surface area (Å²) in [7, 11) is 1.37. The third kappa shape index (κ3) is 5.66. The fourth-order valence-electron chi connectivity index (χ4n) is 2.78. The molecule has 2 rings (SSSR count). The molecule has 1 fully saturated rings. The number of likely N-dealkylation sites (tertiary alicyclic amines) is 1. The number of rotatable bonds is 7. The van der Waals surface area contributed by atoms with E-state index in [1.165, 1.54) is 37.1 Å². The average Bonchev–Trinajstić information content (AvgIpc) is 2.86. The maximum Gasteiger partial charge on any atom is 0.326 e. The molecule has 1 aliphatic rings. The number of nitro benzene ring substituents is 1. The zero-order chi connectivity index (χ0) is 20.7. The Labute approximate surface area is 161 Å². The molecule has 152 valence electrons. The molecular formula is C18H23N3O7. The SMILES string of the molecule is COc1ccc(NC(=O)[C@@H](C)OC(=O)CN2CCCCCC2=O)c([N+](=O)[O-])c1. The lowest BCUT2D eigenvalue weighted by molar-refractivity contribution is -0.384. The lowest BCUT2D eigenvalue weighted by Crippen LogP contribution is -2.38. The van der Waals surface area contributed by atoms with Gasteiger partial charge in [-0.2, -0.15) is 0 Å². The zero-order valence-electron chi connectivity index (χ0n) is 15.8. The third-order valence-electron chi connectivity index (χ3n) is 4.33. The number of nitrogens with zero attached hydrogens (tertiary/aromatic N) is 2. The molecule has 1 aromatic carbocycles. The maximum absolute atomic E-state index is 12.3. The molecular weight excluding hydrogens is 370 g/mol. The Balaban J connectivity index is 1.96. The quantitative estimate of drug-likeness (QED) is 0.425. The summed E-state index contributed by atoms with van der Waals surface area (Å²) in [5.41, 5.74) is -0.386. The van der Waals surface area contributed by atoms with Crippen molar-refractivity contribution in [1.82, 2.24) is 4.90 Å². The number of benzene rings is 1. The van der Waals surface area contributed by atoms with E-state index in [2.05, 4.69) is 5.32 Å². The highest BCUT2D eigenvalue weighted by Crippen LogP contribution is 2.29. The molecule has 28 heavy (non-hydrogen) atoms. The van der Waals surface area contributed by atoms with E-state index in [0.717, 1.165) is 19.3 Å². The number of hydrogen-bond acceptors (Lipinski definition) is 7. The highest BCUT2D eigenvalue weighted by atomic mass is 16.6. The molecule has 1 aromatic rings. The van der Waals surface area contributed by atoms with Crippen molar-refractivity contribution in [2.24, 2.45) is 0 Å². The second-order valence-corrected chi connectivity index (χ2v) is 6.39. The van der Waals surface area contributed by atoms with Gasteiger partial charge in [0.15, 0.2) is 6.10 Å². The van der Waals surface area contributed by atoms with Crippen LogP contribution in [0.2, 0.25) is 0 Å². The standard InChI is InChI=1S/C18H23N3O7/c1-12(28-17(23)11-20-9-5-3-4-6-16(20)22)18(24)19-14-8-7-13(27-2)10-15(14)21(25)26/h7-8,10,12H,3-6,9,11H2,1-2H3,(H,19,24)/t12-/m1/s1. The minimum absolute atomic E-state index is 0.0404. The summed E-state index contributed by atoms with van der Waals surface area (Å²) in [4.78, 5) is 48.2. The van der Waals surface area contributed by atoms with Crippen LogP contribution in [0.4, 0.5) is 11.4 Å². The number of ether oxygens (including phenoxy) is 2. The summed E-state index contributed by atoms with van der Waals surface area (Å²) in [5, 5.41) is 13.6. The third-order valence-corrected chi connectivity index (χ3v) is 4.33. The number of nitrogens with one attached hydrogen (secondary N) is 1. The van der Waals surface area contributed by atoms with Crippen LogP contribution in [0.5, 0.6) is 5.75 Å². The van der Waals surface area contributed by atoms with E-state index in [9.17, 15) is 24.5 Å². The summed E-state index contributed by atoms with van der Waals surface area (Å²) >= 11 is 0. The van der Waals surface area contributed by atoms with Crippen molar-refractivity contribution in [3.8, 4) is 5.75 Å². The van der Waals surface area contributed by atoms with Gasteiger partial charge in [0, 0.05) is 13.0 Å². The van der Waals surface area contributed by atoms with Crippen LogP contribution < -0.4 is 10.1 Å². The molecule has 0 bridgehead atoms. The number of anilines is 1. The van der Waals surface area contributed by atoms with Gasteiger partial charge in [0.05, 0.1) is 18.1 Å². The number of esters is 1. The Morgan fingerprint density at radius 3 is 2.75 bits per heavy atom. The molecule has 2 amide bonds. The van der Waals surface area contributed by atoms with E-state index in [-0.39, 0.29) is 29.6 Å². The van der Waals surface area contributed by atoms with Crippen LogP contribution in [-0.2, 0) is 19.1 Å². The Kier molecular flexibility index (Phi) is 7.30. The first-order valence-electron chi connectivity index (χ1n) is 8.92. The Morgan fingerprint density at radius 1 is 1.32 bits per heavy atom. The van der Waals surface area contributed by atoms with E-state index >= 15 is 0 Å².